The van der Waals surface area contributed by atoms with Gasteiger partial charge in [-0.1, -0.05) is 12.8 Å². The lowest BCUT2D eigenvalue weighted by Gasteiger charge is -2.19. The molecule has 1 heterocycles. The number of rotatable bonds is 4. The largest absolute Gasteiger partial charge is 0.451 e. The zero-order valence-electron chi connectivity index (χ0n) is 10.8. The van der Waals surface area contributed by atoms with Crippen molar-refractivity contribution in [2.24, 2.45) is 0 Å². The summed E-state index contributed by atoms with van der Waals surface area (Å²) in [5.41, 5.74) is 0.0920. The SMILES string of the molecule is C#CCOC(=O)C(CC)n1c(C)ccc(C#N)c1=O. The van der Waals surface area contributed by atoms with E-state index in [4.69, 9.17) is 16.4 Å². The summed E-state index contributed by atoms with van der Waals surface area (Å²) in [4.78, 5) is 24.0. The molecule has 1 unspecified atom stereocenters. The zero-order valence-corrected chi connectivity index (χ0v) is 10.8. The predicted octanol–water partition coefficient (Wildman–Crippen LogP) is 1.16. The summed E-state index contributed by atoms with van der Waals surface area (Å²) in [6.07, 6.45) is 5.40. The van der Waals surface area contributed by atoms with Crippen LogP contribution in [0.25, 0.3) is 0 Å². The molecule has 0 fully saturated rings. The van der Waals surface area contributed by atoms with E-state index in [2.05, 4.69) is 5.92 Å². The maximum absolute atomic E-state index is 12.1. The van der Waals surface area contributed by atoms with Gasteiger partial charge in [-0.25, -0.2) is 4.79 Å². The van der Waals surface area contributed by atoms with Crippen LogP contribution >= 0.6 is 0 Å². The molecule has 0 aromatic carbocycles. The highest BCUT2D eigenvalue weighted by Crippen LogP contribution is 2.14. The van der Waals surface area contributed by atoms with Crippen LogP contribution in [-0.4, -0.2) is 17.1 Å². The minimum Gasteiger partial charge on any atom is -0.451 e. The minimum atomic E-state index is -0.769. The van der Waals surface area contributed by atoms with E-state index < -0.39 is 17.6 Å². The molecule has 5 heteroatoms. The Kier molecular flexibility index (Phi) is 4.91. The Morgan fingerprint density at radius 2 is 2.26 bits per heavy atom. The second kappa shape index (κ2) is 6.42. The number of aromatic nitrogens is 1. The van der Waals surface area contributed by atoms with E-state index in [1.165, 1.54) is 10.6 Å². The first-order chi connectivity index (χ1) is 9.06. The molecular formula is C14H14N2O3. The quantitative estimate of drug-likeness (QED) is 0.600. The Hall–Kier alpha value is -2.53. The molecule has 0 aliphatic carbocycles. The monoisotopic (exact) mass is 258 g/mol. The Labute approximate surface area is 111 Å². The van der Waals surface area contributed by atoms with Gasteiger partial charge in [0.25, 0.3) is 5.56 Å². The number of carbonyl (C=O) groups excluding carboxylic acids is 1. The van der Waals surface area contributed by atoms with Crippen LogP contribution in [-0.2, 0) is 9.53 Å². The second-order valence-electron chi connectivity index (χ2n) is 3.91. The van der Waals surface area contributed by atoms with E-state index in [1.54, 1.807) is 26.0 Å². The van der Waals surface area contributed by atoms with Gasteiger partial charge in [-0.2, -0.15) is 5.26 Å². The maximum Gasteiger partial charge on any atom is 0.330 e. The van der Waals surface area contributed by atoms with Crippen LogP contribution in [0.2, 0.25) is 0 Å². The van der Waals surface area contributed by atoms with Gasteiger partial charge in [0.1, 0.15) is 17.7 Å². The van der Waals surface area contributed by atoms with Crippen molar-refractivity contribution >= 4 is 5.97 Å². The van der Waals surface area contributed by atoms with Gasteiger partial charge in [0.05, 0.1) is 0 Å². The lowest BCUT2D eigenvalue weighted by Crippen LogP contribution is -2.33. The Morgan fingerprint density at radius 1 is 1.58 bits per heavy atom. The van der Waals surface area contributed by atoms with Gasteiger partial charge in [0, 0.05) is 5.69 Å². The summed E-state index contributed by atoms with van der Waals surface area (Å²) in [6.45, 7) is 3.31. The molecule has 0 radical (unpaired) electrons. The molecule has 0 saturated heterocycles. The molecule has 1 rings (SSSR count). The number of pyridine rings is 1. The Morgan fingerprint density at radius 3 is 2.79 bits per heavy atom. The molecule has 1 aromatic rings. The minimum absolute atomic E-state index is 0.00574. The van der Waals surface area contributed by atoms with E-state index in [-0.39, 0.29) is 12.2 Å². The van der Waals surface area contributed by atoms with Crippen molar-refractivity contribution in [1.29, 1.82) is 5.26 Å². The van der Waals surface area contributed by atoms with Crippen LogP contribution in [0.15, 0.2) is 16.9 Å². The van der Waals surface area contributed by atoms with Crippen molar-refractivity contribution in [2.75, 3.05) is 6.61 Å². The van der Waals surface area contributed by atoms with Gasteiger partial charge in [0.15, 0.2) is 6.61 Å². The van der Waals surface area contributed by atoms with Crippen LogP contribution < -0.4 is 5.56 Å². The van der Waals surface area contributed by atoms with E-state index in [9.17, 15) is 9.59 Å². The molecule has 0 aliphatic heterocycles. The Balaban J connectivity index is 3.27. The van der Waals surface area contributed by atoms with Gasteiger partial charge in [-0.15, -0.1) is 6.42 Å². The number of terminal acetylenes is 1. The highest BCUT2D eigenvalue weighted by molar-refractivity contribution is 5.74. The normalized spacial score (nSPS) is 11.2. The molecule has 0 N–H and O–H groups in total. The molecule has 0 amide bonds. The van der Waals surface area contributed by atoms with Crippen molar-refractivity contribution in [3.8, 4) is 18.4 Å². The number of carbonyl (C=O) groups is 1. The van der Waals surface area contributed by atoms with Gasteiger partial charge < -0.3 is 4.74 Å². The highest BCUT2D eigenvalue weighted by Gasteiger charge is 2.23. The third-order valence-corrected chi connectivity index (χ3v) is 2.71. The van der Waals surface area contributed by atoms with Gasteiger partial charge in [-0.3, -0.25) is 9.36 Å². The summed E-state index contributed by atoms with van der Waals surface area (Å²) in [5, 5.41) is 8.86. The number of esters is 1. The smallest absolute Gasteiger partial charge is 0.330 e. The van der Waals surface area contributed by atoms with Gasteiger partial charge in [0.2, 0.25) is 0 Å². The van der Waals surface area contributed by atoms with Crippen molar-refractivity contribution in [2.45, 2.75) is 26.3 Å². The lowest BCUT2D eigenvalue weighted by atomic mass is 10.1. The third kappa shape index (κ3) is 3.02. The van der Waals surface area contributed by atoms with E-state index in [0.29, 0.717) is 12.1 Å². The first-order valence-electron chi connectivity index (χ1n) is 5.79. The maximum atomic E-state index is 12.1. The molecule has 1 atom stereocenters. The number of nitriles is 1. The number of nitrogens with zero attached hydrogens (tertiary/aromatic N) is 2. The second-order valence-corrected chi connectivity index (χ2v) is 3.91. The summed E-state index contributed by atoms with van der Waals surface area (Å²) in [7, 11) is 0. The van der Waals surface area contributed by atoms with E-state index in [0.717, 1.165) is 0 Å². The van der Waals surface area contributed by atoms with Crippen molar-refractivity contribution < 1.29 is 9.53 Å². The van der Waals surface area contributed by atoms with Crippen LogP contribution in [0.1, 0.15) is 30.6 Å². The molecule has 0 bridgehead atoms. The first-order valence-corrected chi connectivity index (χ1v) is 5.79. The van der Waals surface area contributed by atoms with Crippen LogP contribution in [0, 0.1) is 30.6 Å². The molecular weight excluding hydrogens is 244 g/mol. The number of ether oxygens (including phenoxy) is 1. The van der Waals surface area contributed by atoms with Crippen LogP contribution in [0.5, 0.6) is 0 Å². The Bertz CT molecular complexity index is 617. The highest BCUT2D eigenvalue weighted by atomic mass is 16.5. The molecule has 0 aliphatic rings. The summed E-state index contributed by atoms with van der Waals surface area (Å²) < 4.78 is 6.14. The topological polar surface area (TPSA) is 72.1 Å². The molecule has 19 heavy (non-hydrogen) atoms. The first kappa shape index (κ1) is 14.5. The standard InChI is InChI=1S/C14H14N2O3/c1-4-8-19-14(18)12(5-2)16-10(3)6-7-11(9-15)13(16)17/h1,6-7,12H,5,8H2,2-3H3. The number of hydrogen-bond acceptors (Lipinski definition) is 4. The van der Waals surface area contributed by atoms with Gasteiger partial charge in [-0.05, 0) is 25.5 Å². The zero-order chi connectivity index (χ0) is 14.4. The summed E-state index contributed by atoms with van der Waals surface area (Å²) in [5.74, 6) is 1.63. The van der Waals surface area contributed by atoms with Gasteiger partial charge >= 0.3 is 5.97 Å². The molecule has 0 spiro atoms. The molecule has 5 nitrogen and oxygen atoms in total. The van der Waals surface area contributed by atoms with Crippen LogP contribution in [0.4, 0.5) is 0 Å². The fourth-order valence-electron chi connectivity index (χ4n) is 1.78. The molecule has 98 valence electrons. The fraction of sp³-hybridized carbons (Fsp3) is 0.357. The summed E-state index contributed by atoms with van der Waals surface area (Å²) in [6, 6.07) is 4.10. The molecule has 1 aromatic heterocycles. The average molecular weight is 258 g/mol. The van der Waals surface area contributed by atoms with Crippen molar-refractivity contribution in [3.63, 3.8) is 0 Å². The van der Waals surface area contributed by atoms with Crippen molar-refractivity contribution in [3.05, 3.63) is 33.7 Å². The predicted molar refractivity (Wildman–Crippen MR) is 69.3 cm³/mol. The van der Waals surface area contributed by atoms with Crippen molar-refractivity contribution in [1.82, 2.24) is 4.57 Å². The third-order valence-electron chi connectivity index (χ3n) is 2.71. The van der Waals surface area contributed by atoms with Crippen LogP contribution in [0.3, 0.4) is 0 Å². The fourth-order valence-corrected chi connectivity index (χ4v) is 1.78. The average Bonchev–Trinajstić information content (AvgIpc) is 2.41. The summed E-state index contributed by atoms with van der Waals surface area (Å²) >= 11 is 0. The molecule has 0 saturated carbocycles. The number of aryl methyl sites for hydroxylation is 1. The van der Waals surface area contributed by atoms with E-state index >= 15 is 0 Å². The lowest BCUT2D eigenvalue weighted by molar-refractivity contribution is -0.146. The van der Waals surface area contributed by atoms with E-state index in [1.807, 2.05) is 0 Å². The number of hydrogen-bond donors (Lipinski definition) is 0.